The lowest BCUT2D eigenvalue weighted by atomic mass is 10.2. The summed E-state index contributed by atoms with van der Waals surface area (Å²) in [6.45, 7) is 1.68. The first-order valence-electron chi connectivity index (χ1n) is 9.01. The van der Waals surface area contributed by atoms with Crippen LogP contribution in [-0.4, -0.2) is 29.3 Å². The molecule has 1 saturated heterocycles. The molecule has 0 amide bonds. The van der Waals surface area contributed by atoms with Crippen LogP contribution in [0.25, 0.3) is 0 Å². The summed E-state index contributed by atoms with van der Waals surface area (Å²) in [6.07, 6.45) is -2.53. The minimum atomic E-state index is -4.46. The van der Waals surface area contributed by atoms with E-state index < -0.39 is 11.7 Å². The van der Waals surface area contributed by atoms with Gasteiger partial charge in [-0.3, -0.25) is 0 Å². The number of thiocarbonyl (C=S) groups is 1. The summed E-state index contributed by atoms with van der Waals surface area (Å²) in [5.41, 5.74) is 0.377. The Morgan fingerprint density at radius 1 is 1.17 bits per heavy atom. The van der Waals surface area contributed by atoms with Gasteiger partial charge in [0.05, 0.1) is 22.4 Å². The summed E-state index contributed by atoms with van der Waals surface area (Å²) < 4.78 is 44.3. The van der Waals surface area contributed by atoms with E-state index in [0.29, 0.717) is 35.5 Å². The maximum Gasteiger partial charge on any atom is 0.416 e. The SMILES string of the molecule is FC(F)(F)c1ccc(NC(=S)N(Cc2ccccc2Cl)CC2CCCO2)c(Cl)c1. The standard InChI is InChI=1S/C20H19Cl2F3N2OS/c21-16-6-2-1-4-13(16)11-27(12-15-5-3-9-28-15)19(29)26-18-8-7-14(10-17(18)22)20(23,24)25/h1-2,4,6-8,10,15H,3,5,9,11-12H2,(H,26,29). The number of halogens is 5. The summed E-state index contributed by atoms with van der Waals surface area (Å²) >= 11 is 17.9. The number of nitrogens with one attached hydrogen (secondary N) is 1. The normalized spacial score (nSPS) is 16.7. The van der Waals surface area contributed by atoms with Gasteiger partial charge in [0.15, 0.2) is 5.11 Å². The number of hydrogen-bond donors (Lipinski definition) is 1. The summed E-state index contributed by atoms with van der Waals surface area (Å²) in [6, 6.07) is 10.5. The van der Waals surface area contributed by atoms with Crippen molar-refractivity contribution >= 4 is 46.2 Å². The van der Waals surface area contributed by atoms with Crippen LogP contribution in [-0.2, 0) is 17.5 Å². The molecule has 0 spiro atoms. The largest absolute Gasteiger partial charge is 0.416 e. The van der Waals surface area contributed by atoms with Gasteiger partial charge in [-0.1, -0.05) is 41.4 Å². The quantitative estimate of drug-likeness (QED) is 0.520. The van der Waals surface area contributed by atoms with Crippen molar-refractivity contribution < 1.29 is 17.9 Å². The van der Waals surface area contributed by atoms with Gasteiger partial charge in [-0.2, -0.15) is 13.2 Å². The third-order valence-electron chi connectivity index (χ3n) is 4.59. The molecule has 3 rings (SSSR count). The molecule has 1 aliphatic rings. The van der Waals surface area contributed by atoms with Crippen LogP contribution in [0.3, 0.4) is 0 Å². The van der Waals surface area contributed by atoms with Crippen LogP contribution in [0.15, 0.2) is 42.5 Å². The average Bonchev–Trinajstić information content (AvgIpc) is 3.17. The van der Waals surface area contributed by atoms with Crippen LogP contribution in [0.1, 0.15) is 24.0 Å². The Balaban J connectivity index is 1.77. The van der Waals surface area contributed by atoms with Gasteiger partial charge < -0.3 is 15.0 Å². The molecule has 0 aromatic heterocycles. The van der Waals surface area contributed by atoms with Gasteiger partial charge in [0.2, 0.25) is 0 Å². The number of rotatable bonds is 5. The molecule has 0 aliphatic carbocycles. The molecule has 1 fully saturated rings. The third-order valence-corrected chi connectivity index (χ3v) is 5.63. The minimum Gasteiger partial charge on any atom is -0.376 e. The van der Waals surface area contributed by atoms with Gasteiger partial charge in [-0.15, -0.1) is 0 Å². The first-order chi connectivity index (χ1) is 13.7. The van der Waals surface area contributed by atoms with Crippen LogP contribution in [0, 0.1) is 0 Å². The monoisotopic (exact) mass is 462 g/mol. The highest BCUT2D eigenvalue weighted by Gasteiger charge is 2.31. The highest BCUT2D eigenvalue weighted by atomic mass is 35.5. The zero-order valence-corrected chi connectivity index (χ0v) is 17.6. The zero-order chi connectivity index (χ0) is 21.0. The molecule has 1 atom stereocenters. The smallest absolute Gasteiger partial charge is 0.376 e. The van der Waals surface area contributed by atoms with E-state index in [1.165, 1.54) is 6.07 Å². The molecule has 0 saturated carbocycles. The molecule has 29 heavy (non-hydrogen) atoms. The fourth-order valence-corrected chi connectivity index (χ4v) is 3.75. The third kappa shape index (κ3) is 5.98. The molecule has 2 aromatic rings. The predicted octanol–water partition coefficient (Wildman–Crippen LogP) is 6.39. The van der Waals surface area contributed by atoms with Crippen molar-refractivity contribution in [1.29, 1.82) is 0 Å². The molecule has 3 nitrogen and oxygen atoms in total. The van der Waals surface area contributed by atoms with Crippen molar-refractivity contribution in [2.75, 3.05) is 18.5 Å². The van der Waals surface area contributed by atoms with Crippen molar-refractivity contribution in [3.63, 3.8) is 0 Å². The van der Waals surface area contributed by atoms with Crippen LogP contribution in [0.5, 0.6) is 0 Å². The molecule has 1 unspecified atom stereocenters. The lowest BCUT2D eigenvalue weighted by Crippen LogP contribution is -2.39. The summed E-state index contributed by atoms with van der Waals surface area (Å²) in [5, 5.41) is 3.85. The van der Waals surface area contributed by atoms with Gasteiger partial charge in [0.25, 0.3) is 0 Å². The highest BCUT2D eigenvalue weighted by molar-refractivity contribution is 7.80. The van der Waals surface area contributed by atoms with E-state index in [2.05, 4.69) is 5.32 Å². The van der Waals surface area contributed by atoms with E-state index in [1.54, 1.807) is 6.07 Å². The van der Waals surface area contributed by atoms with Crippen LogP contribution in [0.4, 0.5) is 18.9 Å². The van der Waals surface area contributed by atoms with Crippen LogP contribution in [0.2, 0.25) is 10.0 Å². The summed E-state index contributed by atoms with van der Waals surface area (Å²) in [5.74, 6) is 0. The van der Waals surface area contributed by atoms with Gasteiger partial charge in [0, 0.05) is 24.7 Å². The predicted molar refractivity (Wildman–Crippen MR) is 114 cm³/mol. The van der Waals surface area contributed by atoms with Crippen molar-refractivity contribution in [1.82, 2.24) is 4.90 Å². The van der Waals surface area contributed by atoms with E-state index in [-0.39, 0.29) is 11.1 Å². The summed E-state index contributed by atoms with van der Waals surface area (Å²) in [7, 11) is 0. The van der Waals surface area contributed by atoms with Gasteiger partial charge in [0.1, 0.15) is 0 Å². The minimum absolute atomic E-state index is 0.0281. The first kappa shape index (κ1) is 22.2. The Morgan fingerprint density at radius 2 is 1.93 bits per heavy atom. The van der Waals surface area contributed by atoms with E-state index in [9.17, 15) is 13.2 Å². The number of nitrogens with zero attached hydrogens (tertiary/aromatic N) is 1. The lowest BCUT2D eigenvalue weighted by Gasteiger charge is -2.29. The Labute approximate surface area is 182 Å². The van der Waals surface area contributed by atoms with Crippen molar-refractivity contribution in [3.05, 3.63) is 63.6 Å². The Hall–Kier alpha value is -1.54. The number of hydrogen-bond acceptors (Lipinski definition) is 2. The van der Waals surface area contributed by atoms with Gasteiger partial charge in [-0.05, 0) is 54.9 Å². The molecule has 1 heterocycles. The van der Waals surface area contributed by atoms with E-state index >= 15 is 0 Å². The van der Waals surface area contributed by atoms with Crippen molar-refractivity contribution in [2.45, 2.75) is 31.7 Å². The Kier molecular flexibility index (Phi) is 7.27. The zero-order valence-electron chi connectivity index (χ0n) is 15.3. The number of ether oxygens (including phenoxy) is 1. The molecule has 1 aliphatic heterocycles. The number of anilines is 1. The molecule has 9 heteroatoms. The van der Waals surface area contributed by atoms with Crippen LogP contribution >= 0.6 is 35.4 Å². The first-order valence-corrected chi connectivity index (χ1v) is 10.2. The molecule has 156 valence electrons. The second-order valence-corrected chi connectivity index (χ2v) is 7.93. The Bertz CT molecular complexity index is 873. The topological polar surface area (TPSA) is 24.5 Å². The number of alkyl halides is 3. The van der Waals surface area contributed by atoms with Crippen molar-refractivity contribution in [3.8, 4) is 0 Å². The highest BCUT2D eigenvalue weighted by Crippen LogP contribution is 2.34. The fourth-order valence-electron chi connectivity index (χ4n) is 3.07. The second kappa shape index (κ2) is 9.51. The maximum atomic E-state index is 12.9. The van der Waals surface area contributed by atoms with E-state index in [1.807, 2.05) is 23.1 Å². The maximum absolute atomic E-state index is 12.9. The Morgan fingerprint density at radius 3 is 2.55 bits per heavy atom. The van der Waals surface area contributed by atoms with E-state index in [0.717, 1.165) is 30.5 Å². The fraction of sp³-hybridized carbons (Fsp3) is 0.350. The van der Waals surface area contributed by atoms with Gasteiger partial charge >= 0.3 is 6.18 Å². The molecular weight excluding hydrogens is 444 g/mol. The molecule has 0 radical (unpaired) electrons. The molecular formula is C20H19Cl2F3N2OS. The van der Waals surface area contributed by atoms with E-state index in [4.69, 9.17) is 40.2 Å². The number of benzene rings is 2. The molecule has 2 aromatic carbocycles. The lowest BCUT2D eigenvalue weighted by molar-refractivity contribution is -0.137. The average molecular weight is 463 g/mol. The van der Waals surface area contributed by atoms with Gasteiger partial charge in [-0.25, -0.2) is 0 Å². The molecule has 0 bridgehead atoms. The molecule has 1 N–H and O–H groups in total. The van der Waals surface area contributed by atoms with Crippen molar-refractivity contribution in [2.24, 2.45) is 0 Å². The summed E-state index contributed by atoms with van der Waals surface area (Å²) in [4.78, 5) is 1.89. The van der Waals surface area contributed by atoms with Crippen LogP contribution < -0.4 is 5.32 Å². The second-order valence-electron chi connectivity index (χ2n) is 6.73.